The van der Waals surface area contributed by atoms with Crippen LogP contribution in [0.15, 0.2) is 65.8 Å². The van der Waals surface area contributed by atoms with Gasteiger partial charge in [-0.1, -0.05) is 65.0 Å². The van der Waals surface area contributed by atoms with E-state index in [1.807, 2.05) is 38.2 Å². The van der Waals surface area contributed by atoms with E-state index in [4.69, 9.17) is 9.72 Å². The monoisotopic (exact) mass is 711 g/mol. The third-order valence-corrected chi connectivity index (χ3v) is 11.0. The van der Waals surface area contributed by atoms with Crippen molar-refractivity contribution in [2.45, 2.75) is 91.3 Å². The largest absolute Gasteiger partial charge is 0.476 e. The van der Waals surface area contributed by atoms with Crippen molar-refractivity contribution in [2.75, 3.05) is 29.3 Å². The zero-order valence-electron chi connectivity index (χ0n) is 30.7. The average molecular weight is 712 g/mol. The molecule has 11 nitrogen and oxygen atoms in total. The fourth-order valence-electron chi connectivity index (χ4n) is 7.27. The van der Waals surface area contributed by atoms with Crippen molar-refractivity contribution >= 4 is 27.6 Å². The molecule has 0 spiro atoms. The Morgan fingerprint density at radius 2 is 1.75 bits per heavy atom. The zero-order chi connectivity index (χ0) is 36.5. The van der Waals surface area contributed by atoms with E-state index in [0.717, 1.165) is 47.6 Å². The molecular formula is C39H49N7O4S. The number of hydrogen-bond acceptors (Lipinski definition) is 10. The lowest BCUT2D eigenvalue weighted by Gasteiger charge is -2.35. The molecule has 2 atom stereocenters. The summed E-state index contributed by atoms with van der Waals surface area (Å²) in [6, 6.07) is 14.0. The Balaban J connectivity index is 1.44. The van der Waals surface area contributed by atoms with Gasteiger partial charge in [0.2, 0.25) is 11.8 Å². The second kappa shape index (κ2) is 14.7. The first kappa shape index (κ1) is 36.4. The molecule has 51 heavy (non-hydrogen) atoms. The Morgan fingerprint density at radius 1 is 1.00 bits per heavy atom. The lowest BCUT2D eigenvalue weighted by molar-refractivity contribution is 0.0713. The quantitative estimate of drug-likeness (QED) is 0.226. The van der Waals surface area contributed by atoms with Gasteiger partial charge in [-0.25, -0.2) is 23.1 Å². The molecule has 1 fully saturated rings. The number of hydrogen-bond donors (Lipinski definition) is 1. The van der Waals surface area contributed by atoms with Gasteiger partial charge in [-0.05, 0) is 67.7 Å². The van der Waals surface area contributed by atoms with Crippen molar-refractivity contribution in [3.05, 3.63) is 83.3 Å². The van der Waals surface area contributed by atoms with E-state index in [0.29, 0.717) is 30.6 Å². The average Bonchev–Trinajstić information content (AvgIpc) is 3.56. The predicted octanol–water partition coefficient (Wildman–Crippen LogP) is 6.86. The summed E-state index contributed by atoms with van der Waals surface area (Å²) in [4.78, 5) is 37.3. The number of Topliss-reactive ketones (excluding diaryl/α,β-unsaturated/α-hetero) is 1. The van der Waals surface area contributed by atoms with Gasteiger partial charge in [-0.2, -0.15) is 4.98 Å². The lowest BCUT2D eigenvalue weighted by atomic mass is 9.87. The normalized spacial score (nSPS) is 19.8. The van der Waals surface area contributed by atoms with Crippen molar-refractivity contribution in [1.29, 1.82) is 0 Å². The molecule has 0 radical (unpaired) electrons. The Kier molecular flexibility index (Phi) is 10.5. The zero-order valence-corrected chi connectivity index (χ0v) is 31.5. The number of aromatic nitrogens is 4. The summed E-state index contributed by atoms with van der Waals surface area (Å²) in [5.74, 6) is 1.24. The first-order chi connectivity index (χ1) is 24.2. The number of rotatable bonds is 6. The van der Waals surface area contributed by atoms with Crippen LogP contribution < -0.4 is 14.4 Å². The number of nitrogens with one attached hydrogen (secondary N) is 1. The molecular weight excluding hydrogens is 663 g/mol. The number of sulfonamides is 1. The first-order valence-electron chi connectivity index (χ1n) is 17.7. The highest BCUT2D eigenvalue weighted by molar-refractivity contribution is 7.92. The first-order valence-corrected chi connectivity index (χ1v) is 19.2. The Bertz CT molecular complexity index is 1990. The van der Waals surface area contributed by atoms with Crippen molar-refractivity contribution in [2.24, 2.45) is 11.3 Å². The van der Waals surface area contributed by atoms with Crippen LogP contribution in [0.3, 0.4) is 0 Å². The van der Waals surface area contributed by atoms with E-state index in [2.05, 4.69) is 64.1 Å². The standard InChI is InChI=1S/C39H49N7O4S/c1-25(2)33-15-10-16-46(33)35-21-40-20-29(41-35)22-45-23-34(47)28-13-9-14-31(17-28)51(48,49)44-38-42-32(37-26(3)11-8-12-27(37)4)18-36(43-38)50-24-30(45)19-39(5,6)7/h8-9,11-14,17-18,20-21,25,30,33H,10,15-16,19,22-24H2,1-7H3,(H,42,43,44)/t30-,33?/m1/s1. The maximum atomic E-state index is 14.0. The molecule has 0 saturated carbocycles. The molecule has 1 unspecified atom stereocenters. The summed E-state index contributed by atoms with van der Waals surface area (Å²) in [7, 11) is -4.15. The van der Waals surface area contributed by atoms with Gasteiger partial charge in [0.15, 0.2) is 5.78 Å². The highest BCUT2D eigenvalue weighted by Gasteiger charge is 2.31. The minimum absolute atomic E-state index is 0.0218. The summed E-state index contributed by atoms with van der Waals surface area (Å²) in [6.07, 6.45) is 6.52. The third kappa shape index (κ3) is 8.56. The summed E-state index contributed by atoms with van der Waals surface area (Å²) in [5.41, 5.74) is 4.31. The molecule has 4 bridgehead atoms. The van der Waals surface area contributed by atoms with Crippen LogP contribution in [0.2, 0.25) is 0 Å². The fraction of sp³-hybridized carbons (Fsp3) is 0.462. The minimum Gasteiger partial charge on any atom is -0.476 e. The van der Waals surface area contributed by atoms with Crippen LogP contribution in [0.4, 0.5) is 11.8 Å². The molecule has 2 aliphatic heterocycles. The van der Waals surface area contributed by atoms with E-state index in [-0.39, 0.29) is 52.7 Å². The second-order valence-electron chi connectivity index (χ2n) is 15.4. The Hall–Kier alpha value is -4.42. The van der Waals surface area contributed by atoms with Crippen LogP contribution in [0.1, 0.15) is 81.1 Å². The molecule has 2 aliphatic rings. The molecule has 2 aromatic carbocycles. The van der Waals surface area contributed by atoms with Gasteiger partial charge >= 0.3 is 0 Å². The second-order valence-corrected chi connectivity index (χ2v) is 17.1. The highest BCUT2D eigenvalue weighted by Crippen LogP contribution is 2.32. The van der Waals surface area contributed by atoms with Gasteiger partial charge in [0, 0.05) is 48.6 Å². The van der Waals surface area contributed by atoms with Crippen LogP contribution in [0, 0.1) is 25.2 Å². The number of aryl methyl sites for hydroxylation is 2. The number of nitrogens with zero attached hydrogens (tertiary/aromatic N) is 6. The fourth-order valence-corrected chi connectivity index (χ4v) is 8.26. The molecule has 2 aromatic heterocycles. The summed E-state index contributed by atoms with van der Waals surface area (Å²) < 4.78 is 36.4. The number of carbonyl (C=O) groups excluding carboxylic acids is 1. The number of ether oxygens (including phenoxy) is 1. The number of ketones is 1. The SMILES string of the molecule is Cc1cccc(C)c1-c1cc2nc(n1)NS(=O)(=O)c1cccc(c1)C(=O)CN(Cc1cncc(N3CCCC3C(C)C)n1)[C@H](CC(C)(C)C)CO2. The van der Waals surface area contributed by atoms with Crippen molar-refractivity contribution in [3.8, 4) is 17.1 Å². The van der Waals surface area contributed by atoms with Crippen LogP contribution in [0.5, 0.6) is 5.88 Å². The van der Waals surface area contributed by atoms with E-state index in [1.165, 1.54) is 12.1 Å². The predicted molar refractivity (Wildman–Crippen MR) is 200 cm³/mol. The maximum absolute atomic E-state index is 14.0. The van der Waals surface area contributed by atoms with Crippen LogP contribution in [-0.2, 0) is 16.6 Å². The topological polar surface area (TPSA) is 131 Å². The summed E-state index contributed by atoms with van der Waals surface area (Å²) in [5, 5.41) is 0. The Morgan fingerprint density at radius 3 is 2.47 bits per heavy atom. The molecule has 12 heteroatoms. The van der Waals surface area contributed by atoms with E-state index in [1.54, 1.807) is 24.4 Å². The van der Waals surface area contributed by atoms with Gasteiger partial charge in [0.1, 0.15) is 12.4 Å². The highest BCUT2D eigenvalue weighted by atomic mass is 32.2. The lowest BCUT2D eigenvalue weighted by Crippen LogP contribution is -2.44. The van der Waals surface area contributed by atoms with E-state index >= 15 is 0 Å². The number of anilines is 2. The molecule has 4 aromatic rings. The van der Waals surface area contributed by atoms with Crippen molar-refractivity contribution < 1.29 is 17.9 Å². The number of fused-ring (bicyclic) bond motifs is 4. The van der Waals surface area contributed by atoms with Crippen molar-refractivity contribution in [1.82, 2.24) is 24.8 Å². The van der Waals surface area contributed by atoms with E-state index in [9.17, 15) is 13.2 Å². The summed E-state index contributed by atoms with van der Waals surface area (Å²) >= 11 is 0. The van der Waals surface area contributed by atoms with Gasteiger partial charge in [0.25, 0.3) is 10.0 Å². The van der Waals surface area contributed by atoms with Crippen LogP contribution >= 0.6 is 0 Å². The molecule has 1 saturated heterocycles. The van der Waals surface area contributed by atoms with Gasteiger partial charge in [0.05, 0.1) is 29.0 Å². The van der Waals surface area contributed by atoms with E-state index < -0.39 is 10.0 Å². The molecule has 0 amide bonds. The number of carbonyl (C=O) groups is 1. The minimum atomic E-state index is -4.15. The molecule has 1 N–H and O–H groups in total. The van der Waals surface area contributed by atoms with Crippen LogP contribution in [-0.4, -0.2) is 70.8 Å². The van der Waals surface area contributed by atoms with Gasteiger partial charge < -0.3 is 9.64 Å². The molecule has 270 valence electrons. The third-order valence-electron chi connectivity index (χ3n) is 9.67. The van der Waals surface area contributed by atoms with Crippen molar-refractivity contribution in [3.63, 3.8) is 0 Å². The molecule has 6 rings (SSSR count). The smallest absolute Gasteiger partial charge is 0.264 e. The maximum Gasteiger partial charge on any atom is 0.264 e. The van der Waals surface area contributed by atoms with Crippen LogP contribution in [0.25, 0.3) is 11.3 Å². The Labute approximate surface area is 302 Å². The summed E-state index contributed by atoms with van der Waals surface area (Å²) in [6.45, 7) is 16.5. The molecule has 0 aliphatic carbocycles. The number of benzene rings is 2. The van der Waals surface area contributed by atoms with Gasteiger partial charge in [-0.3, -0.25) is 14.7 Å². The van der Waals surface area contributed by atoms with Gasteiger partial charge in [-0.15, -0.1) is 0 Å². The molecule has 4 heterocycles.